The molecule has 3 aliphatic rings. The van der Waals surface area contributed by atoms with Crippen LogP contribution < -0.4 is 4.90 Å². The summed E-state index contributed by atoms with van der Waals surface area (Å²) in [6, 6.07) is 6.05. The third-order valence-electron chi connectivity index (χ3n) is 11.0. The maximum atomic E-state index is 13.5. The van der Waals surface area contributed by atoms with Crippen molar-refractivity contribution in [1.82, 2.24) is 24.5 Å². The van der Waals surface area contributed by atoms with E-state index in [1.807, 2.05) is 61.6 Å². The van der Waals surface area contributed by atoms with Gasteiger partial charge in [-0.1, -0.05) is 51.9 Å². The predicted octanol–water partition coefficient (Wildman–Crippen LogP) is 8.86. The van der Waals surface area contributed by atoms with Gasteiger partial charge in [-0.2, -0.15) is 9.61 Å². The molecule has 0 radical (unpaired) electrons. The molecule has 2 saturated heterocycles. The maximum Gasteiger partial charge on any atom is 0.410 e. The lowest BCUT2D eigenvalue weighted by Crippen LogP contribution is -2.48. The van der Waals surface area contributed by atoms with Crippen molar-refractivity contribution in [3.63, 3.8) is 0 Å². The van der Waals surface area contributed by atoms with Gasteiger partial charge >= 0.3 is 6.09 Å². The second kappa shape index (κ2) is 16.5. The minimum Gasteiger partial charge on any atom is -0.494 e. The van der Waals surface area contributed by atoms with Crippen LogP contribution in [0.25, 0.3) is 22.5 Å². The molecule has 3 atom stereocenters. The number of piperidine rings is 1. The van der Waals surface area contributed by atoms with Gasteiger partial charge in [0.2, 0.25) is 0 Å². The number of amides is 1. The standard InChI is InChI=1S/C42H66N6O6Si2/c1-12-53-29(2)36-37(31-23-32-14-15-33(24-31)47(32)40(49)54-41(3,4)5)45-38-34(30-13-16-35(43-25-30)42(50)17-18-42)26-44-48(38)39(36)46(27-51-19-21-55(6,7)8)28-52-20-22-56(9,10)11/h13,16,25-26,31-33,50H,2,12,14-15,17-24,27-28H2,1,3-11H3/t31-,32-,33+. The molecule has 56 heavy (non-hydrogen) atoms. The van der Waals surface area contributed by atoms with E-state index in [0.29, 0.717) is 36.9 Å². The van der Waals surface area contributed by atoms with Crippen LogP contribution in [0.1, 0.15) is 89.1 Å². The zero-order valence-electron chi connectivity index (χ0n) is 35.6. The number of aliphatic hydroxyl groups is 1. The van der Waals surface area contributed by atoms with Gasteiger partial charge in [0.15, 0.2) is 5.65 Å². The maximum absolute atomic E-state index is 13.5. The molecule has 3 aromatic heterocycles. The summed E-state index contributed by atoms with van der Waals surface area (Å²) in [7, 11) is -2.69. The Hall–Kier alpha value is -3.31. The topological polar surface area (TPSA) is 124 Å². The molecule has 2 aliphatic heterocycles. The summed E-state index contributed by atoms with van der Waals surface area (Å²) in [4.78, 5) is 27.8. The lowest BCUT2D eigenvalue weighted by atomic mass is 9.85. The van der Waals surface area contributed by atoms with E-state index in [1.54, 1.807) is 0 Å². The molecule has 6 rings (SSSR count). The van der Waals surface area contributed by atoms with Crippen molar-refractivity contribution in [3.05, 3.63) is 48.1 Å². The van der Waals surface area contributed by atoms with Crippen molar-refractivity contribution in [1.29, 1.82) is 0 Å². The van der Waals surface area contributed by atoms with E-state index < -0.39 is 27.3 Å². The molecule has 0 unspecified atom stereocenters. The molecule has 3 fully saturated rings. The Labute approximate surface area is 336 Å². The molecule has 1 amide bonds. The van der Waals surface area contributed by atoms with Gasteiger partial charge in [-0.05, 0) is 84.4 Å². The molecular formula is C42H66N6O6Si2. The Morgan fingerprint density at radius 3 is 2.09 bits per heavy atom. The largest absolute Gasteiger partial charge is 0.494 e. The number of nitrogens with zero attached hydrogens (tertiary/aromatic N) is 6. The normalized spacial score (nSPS) is 20.7. The van der Waals surface area contributed by atoms with E-state index in [9.17, 15) is 9.90 Å². The Morgan fingerprint density at radius 2 is 1.59 bits per heavy atom. The number of carbonyl (C=O) groups is 1. The van der Waals surface area contributed by atoms with Crippen LogP contribution in [-0.2, 0) is 24.5 Å². The summed E-state index contributed by atoms with van der Waals surface area (Å²) < 4.78 is 27.0. The first-order valence-electron chi connectivity index (χ1n) is 20.6. The number of aromatic nitrogens is 4. The Kier molecular flexibility index (Phi) is 12.5. The van der Waals surface area contributed by atoms with Gasteiger partial charge in [0, 0.05) is 64.7 Å². The smallest absolute Gasteiger partial charge is 0.410 e. The fraction of sp³-hybridized carbons (Fsp3) is 0.667. The third kappa shape index (κ3) is 10.0. The fourth-order valence-electron chi connectivity index (χ4n) is 7.78. The minimum atomic E-state index is -1.35. The van der Waals surface area contributed by atoms with E-state index in [1.165, 1.54) is 0 Å². The lowest BCUT2D eigenvalue weighted by Gasteiger charge is -2.40. The second-order valence-corrected chi connectivity index (χ2v) is 30.7. The molecule has 12 nitrogen and oxygen atoms in total. The van der Waals surface area contributed by atoms with Crippen LogP contribution in [0.5, 0.6) is 0 Å². The van der Waals surface area contributed by atoms with Gasteiger partial charge < -0.3 is 33.9 Å². The van der Waals surface area contributed by atoms with E-state index in [2.05, 4.69) is 50.8 Å². The SMILES string of the molecule is C=C(OCC)c1c([C@@H]2C[C@H]3CC[C@@H](C2)N3C(=O)OC(C)(C)C)nc2c(-c3ccc(C4(O)CC4)nc3)cnn2c1N(COCC[Si](C)(C)C)COCC[Si](C)(C)C. The molecule has 5 heterocycles. The molecule has 14 heteroatoms. The number of hydrogen-bond donors (Lipinski definition) is 1. The van der Waals surface area contributed by atoms with Crippen molar-refractivity contribution >= 4 is 39.5 Å². The van der Waals surface area contributed by atoms with Gasteiger partial charge in [-0.3, -0.25) is 4.98 Å². The van der Waals surface area contributed by atoms with Crippen molar-refractivity contribution < 1.29 is 28.8 Å². The number of anilines is 1. The predicted molar refractivity (Wildman–Crippen MR) is 227 cm³/mol. The van der Waals surface area contributed by atoms with Gasteiger partial charge in [0.25, 0.3) is 0 Å². The summed E-state index contributed by atoms with van der Waals surface area (Å²) in [6.07, 6.45) is 8.17. The molecule has 0 aromatic carbocycles. The summed E-state index contributed by atoms with van der Waals surface area (Å²) in [5, 5.41) is 15.8. The van der Waals surface area contributed by atoms with Crippen molar-refractivity contribution in [2.24, 2.45) is 0 Å². The first-order valence-corrected chi connectivity index (χ1v) is 28.0. The Morgan fingerprint density at radius 1 is 0.982 bits per heavy atom. The molecule has 1 aliphatic carbocycles. The van der Waals surface area contributed by atoms with Gasteiger partial charge in [0.1, 0.15) is 36.2 Å². The molecule has 3 aromatic rings. The Balaban J connectivity index is 1.48. The third-order valence-corrected chi connectivity index (χ3v) is 14.4. The van der Waals surface area contributed by atoms with Crippen molar-refractivity contribution in [2.45, 2.75) is 147 Å². The number of hydrogen-bond acceptors (Lipinski definition) is 10. The second-order valence-electron chi connectivity index (χ2n) is 19.5. The van der Waals surface area contributed by atoms with Gasteiger partial charge in [0.05, 0.1) is 29.8 Å². The highest BCUT2D eigenvalue weighted by molar-refractivity contribution is 6.76. The van der Waals surface area contributed by atoms with Crippen molar-refractivity contribution in [2.75, 3.05) is 38.2 Å². The van der Waals surface area contributed by atoms with E-state index >= 15 is 0 Å². The average Bonchev–Trinajstić information content (AvgIpc) is 3.61. The number of pyridine rings is 1. The highest BCUT2D eigenvalue weighted by Crippen LogP contribution is 2.48. The summed E-state index contributed by atoms with van der Waals surface area (Å²) in [6.45, 7) is 28.7. The average molecular weight is 807 g/mol. The molecule has 1 saturated carbocycles. The monoisotopic (exact) mass is 806 g/mol. The minimum absolute atomic E-state index is 0.0111. The molecule has 0 spiro atoms. The summed E-state index contributed by atoms with van der Waals surface area (Å²) in [5.74, 6) is 1.29. The van der Waals surface area contributed by atoms with E-state index in [0.717, 1.165) is 78.8 Å². The number of ether oxygens (including phenoxy) is 4. The van der Waals surface area contributed by atoms with Crippen LogP contribution in [-0.4, -0.2) is 103 Å². The number of rotatable bonds is 17. The van der Waals surface area contributed by atoms with E-state index in [4.69, 9.17) is 34.0 Å². The quantitative estimate of drug-likeness (QED) is 0.0613. The Bertz CT molecular complexity index is 1820. The van der Waals surface area contributed by atoms with Crippen LogP contribution in [0.2, 0.25) is 51.4 Å². The van der Waals surface area contributed by atoms with Crippen LogP contribution in [0.15, 0.2) is 31.1 Å². The zero-order chi connectivity index (χ0) is 40.6. The molecular weight excluding hydrogens is 741 g/mol. The summed E-state index contributed by atoms with van der Waals surface area (Å²) >= 11 is 0. The molecule has 308 valence electrons. The van der Waals surface area contributed by atoms with Crippen molar-refractivity contribution in [3.8, 4) is 11.1 Å². The first kappa shape index (κ1) is 42.3. The van der Waals surface area contributed by atoms with Crippen LogP contribution in [0, 0.1) is 0 Å². The van der Waals surface area contributed by atoms with Crippen LogP contribution >= 0.6 is 0 Å². The van der Waals surface area contributed by atoms with Gasteiger partial charge in [-0.25, -0.2) is 9.78 Å². The van der Waals surface area contributed by atoms with Crippen LogP contribution in [0.3, 0.4) is 0 Å². The van der Waals surface area contributed by atoms with E-state index in [-0.39, 0.29) is 37.6 Å². The van der Waals surface area contributed by atoms with Gasteiger partial charge in [-0.15, -0.1) is 0 Å². The molecule has 2 bridgehead atoms. The van der Waals surface area contributed by atoms with Crippen LogP contribution in [0.4, 0.5) is 10.6 Å². The zero-order valence-corrected chi connectivity index (χ0v) is 37.6. The molecule has 1 N–H and O–H groups in total. The fourth-order valence-corrected chi connectivity index (χ4v) is 9.30. The highest BCUT2D eigenvalue weighted by atomic mass is 28.3. The highest BCUT2D eigenvalue weighted by Gasteiger charge is 2.47. The summed E-state index contributed by atoms with van der Waals surface area (Å²) in [5.41, 5.74) is 3.32. The first-order chi connectivity index (χ1) is 26.3. The lowest BCUT2D eigenvalue weighted by molar-refractivity contribution is 0.00566. The number of fused-ring (bicyclic) bond motifs is 3. The number of carbonyl (C=O) groups excluding carboxylic acids is 1.